The number of rotatable bonds is 4. The Balaban J connectivity index is 1.17. The van der Waals surface area contributed by atoms with Gasteiger partial charge in [-0.15, -0.1) is 0 Å². The summed E-state index contributed by atoms with van der Waals surface area (Å²) in [5, 5.41) is 0. The number of fused-ring (bicyclic) bond motifs is 9. The minimum absolute atomic E-state index is 0.484. The Morgan fingerprint density at radius 3 is 1.48 bits per heavy atom. The third-order valence-corrected chi connectivity index (χ3v) is 10.5. The predicted molar refractivity (Wildman–Crippen MR) is 204 cm³/mol. The van der Waals surface area contributed by atoms with Crippen LogP contribution in [0.4, 0.5) is 13.2 Å². The number of nitrogens with zero attached hydrogens (tertiary/aromatic N) is 3. The van der Waals surface area contributed by atoms with Gasteiger partial charge < -0.3 is 4.74 Å². The van der Waals surface area contributed by atoms with Crippen molar-refractivity contribution in [1.82, 2.24) is 15.0 Å². The van der Waals surface area contributed by atoms with E-state index in [0.29, 0.717) is 23.0 Å². The van der Waals surface area contributed by atoms with Gasteiger partial charge in [-0.25, -0.2) is 15.0 Å². The zero-order chi connectivity index (χ0) is 36.4. The van der Waals surface area contributed by atoms with Gasteiger partial charge in [-0.1, -0.05) is 146 Å². The van der Waals surface area contributed by atoms with Gasteiger partial charge in [-0.05, 0) is 57.6 Å². The van der Waals surface area contributed by atoms with Crippen molar-refractivity contribution in [3.8, 4) is 67.9 Å². The van der Waals surface area contributed by atoms with Crippen LogP contribution >= 0.6 is 0 Å². The number of ether oxygens (including phenoxy) is 1. The SMILES string of the molecule is FC(F)(F)c1ccc(-c2ccc(-c3nc(-c4ccccc4)nc(-c4cccc5c4-c4ccccc4C54c5ccccc5Oc5ccccc54)n3)cc2)cc1. The number of para-hydroxylation sites is 2. The van der Waals surface area contributed by atoms with Gasteiger partial charge in [0.05, 0.1) is 11.0 Å². The Morgan fingerprint density at radius 1 is 0.389 bits per heavy atom. The van der Waals surface area contributed by atoms with Crippen molar-refractivity contribution < 1.29 is 17.9 Å². The lowest BCUT2D eigenvalue weighted by atomic mass is 9.66. The highest BCUT2D eigenvalue weighted by Crippen LogP contribution is 2.63. The zero-order valence-electron chi connectivity index (χ0n) is 28.5. The van der Waals surface area contributed by atoms with E-state index in [1.54, 1.807) is 0 Å². The smallest absolute Gasteiger partial charge is 0.416 e. The molecule has 1 aliphatic heterocycles. The Kier molecular flexibility index (Phi) is 7.14. The highest BCUT2D eigenvalue weighted by Gasteiger charge is 2.51. The van der Waals surface area contributed by atoms with E-state index in [2.05, 4.69) is 66.7 Å². The summed E-state index contributed by atoms with van der Waals surface area (Å²) >= 11 is 0. The van der Waals surface area contributed by atoms with Gasteiger partial charge in [0, 0.05) is 27.8 Å². The Labute approximate surface area is 309 Å². The molecule has 7 aromatic carbocycles. The minimum Gasteiger partial charge on any atom is -0.457 e. The van der Waals surface area contributed by atoms with E-state index in [1.807, 2.05) is 78.9 Å². The Morgan fingerprint density at radius 2 is 0.852 bits per heavy atom. The second-order valence-electron chi connectivity index (χ2n) is 13.4. The molecule has 10 rings (SSSR count). The van der Waals surface area contributed by atoms with Crippen LogP contribution in [-0.4, -0.2) is 15.0 Å². The molecule has 0 bridgehead atoms. The molecule has 1 spiro atoms. The molecule has 8 aromatic rings. The average Bonchev–Trinajstić information content (AvgIpc) is 3.52. The Bertz CT molecular complexity index is 2680. The van der Waals surface area contributed by atoms with Crippen LogP contribution in [0.25, 0.3) is 56.4 Å². The molecule has 54 heavy (non-hydrogen) atoms. The van der Waals surface area contributed by atoms with Crippen molar-refractivity contribution in [2.75, 3.05) is 0 Å². The van der Waals surface area contributed by atoms with Crippen molar-refractivity contribution in [3.05, 3.63) is 198 Å². The monoisotopic (exact) mass is 707 g/mol. The second-order valence-corrected chi connectivity index (χ2v) is 13.4. The molecule has 0 fully saturated rings. The second kappa shape index (κ2) is 12.1. The molecular formula is C47H28F3N3O. The van der Waals surface area contributed by atoms with Crippen LogP contribution in [0, 0.1) is 0 Å². The maximum absolute atomic E-state index is 13.2. The summed E-state index contributed by atoms with van der Waals surface area (Å²) in [4.78, 5) is 15.2. The van der Waals surface area contributed by atoms with E-state index in [-0.39, 0.29) is 0 Å². The van der Waals surface area contributed by atoms with E-state index in [4.69, 9.17) is 19.7 Å². The summed E-state index contributed by atoms with van der Waals surface area (Å²) in [5.41, 5.74) is 9.18. The number of alkyl halides is 3. The summed E-state index contributed by atoms with van der Waals surface area (Å²) < 4.78 is 46.1. The third kappa shape index (κ3) is 4.89. The third-order valence-electron chi connectivity index (χ3n) is 10.5. The van der Waals surface area contributed by atoms with Crippen molar-refractivity contribution in [1.29, 1.82) is 0 Å². The summed E-state index contributed by atoms with van der Waals surface area (Å²) in [6.45, 7) is 0. The van der Waals surface area contributed by atoms with Gasteiger partial charge in [0.2, 0.25) is 0 Å². The molecule has 2 aliphatic rings. The molecule has 0 amide bonds. The highest BCUT2D eigenvalue weighted by molar-refractivity contribution is 5.95. The van der Waals surface area contributed by atoms with Crippen LogP contribution in [0.3, 0.4) is 0 Å². The fourth-order valence-electron chi connectivity index (χ4n) is 8.09. The normalized spacial score (nSPS) is 13.4. The standard InChI is InChI=1S/C47H28F3N3O/c48-47(49,50)33-27-25-30(26-28-33)29-21-23-32(24-22-29)44-51-43(31-11-2-1-3-12-31)52-45(53-44)35-14-10-18-39-42(35)34-13-4-5-15-36(34)46(39)37-16-6-8-19-40(37)54-41-20-9-7-17-38(41)46/h1-28H. The highest BCUT2D eigenvalue weighted by atomic mass is 19.4. The minimum atomic E-state index is -4.39. The summed E-state index contributed by atoms with van der Waals surface area (Å²) in [6, 6.07) is 54.0. The van der Waals surface area contributed by atoms with Crippen LogP contribution < -0.4 is 4.74 Å². The molecule has 1 aliphatic carbocycles. The Hall–Kier alpha value is -6.86. The van der Waals surface area contributed by atoms with Crippen molar-refractivity contribution >= 4 is 0 Å². The molecule has 4 nitrogen and oxygen atoms in total. The van der Waals surface area contributed by atoms with Crippen molar-refractivity contribution in [3.63, 3.8) is 0 Å². The van der Waals surface area contributed by atoms with Crippen LogP contribution in [0.15, 0.2) is 170 Å². The first kappa shape index (κ1) is 31.8. The number of hydrogen-bond donors (Lipinski definition) is 0. The summed E-state index contributed by atoms with van der Waals surface area (Å²) in [5.74, 6) is 3.18. The molecular weight excluding hydrogens is 680 g/mol. The fraction of sp³-hybridized carbons (Fsp3) is 0.0426. The van der Waals surface area contributed by atoms with E-state index in [1.165, 1.54) is 12.1 Å². The van der Waals surface area contributed by atoms with Crippen LogP contribution in [0.1, 0.15) is 27.8 Å². The molecule has 0 atom stereocenters. The average molecular weight is 708 g/mol. The lowest BCUT2D eigenvalue weighted by Crippen LogP contribution is -2.32. The number of benzene rings is 7. The van der Waals surface area contributed by atoms with E-state index < -0.39 is 17.2 Å². The molecule has 0 N–H and O–H groups in total. The molecule has 2 heterocycles. The van der Waals surface area contributed by atoms with E-state index in [0.717, 1.165) is 79.3 Å². The molecule has 258 valence electrons. The number of aromatic nitrogens is 3. The van der Waals surface area contributed by atoms with E-state index in [9.17, 15) is 13.2 Å². The van der Waals surface area contributed by atoms with Crippen LogP contribution in [0.5, 0.6) is 11.5 Å². The first-order valence-electron chi connectivity index (χ1n) is 17.6. The molecule has 1 aromatic heterocycles. The molecule has 0 saturated heterocycles. The van der Waals surface area contributed by atoms with Crippen LogP contribution in [-0.2, 0) is 11.6 Å². The zero-order valence-corrected chi connectivity index (χ0v) is 28.5. The first-order valence-corrected chi connectivity index (χ1v) is 17.6. The largest absolute Gasteiger partial charge is 0.457 e. The lowest BCUT2D eigenvalue weighted by Gasteiger charge is -2.39. The molecule has 0 saturated carbocycles. The van der Waals surface area contributed by atoms with Crippen molar-refractivity contribution in [2.45, 2.75) is 11.6 Å². The van der Waals surface area contributed by atoms with Gasteiger partial charge >= 0.3 is 6.18 Å². The van der Waals surface area contributed by atoms with Gasteiger partial charge in [-0.3, -0.25) is 0 Å². The van der Waals surface area contributed by atoms with Gasteiger partial charge in [0.25, 0.3) is 0 Å². The summed E-state index contributed by atoms with van der Waals surface area (Å²) in [6.07, 6.45) is -4.39. The maximum Gasteiger partial charge on any atom is 0.416 e. The molecule has 0 unspecified atom stereocenters. The first-order chi connectivity index (χ1) is 26.4. The topological polar surface area (TPSA) is 47.9 Å². The van der Waals surface area contributed by atoms with Gasteiger partial charge in [-0.2, -0.15) is 13.2 Å². The van der Waals surface area contributed by atoms with E-state index >= 15 is 0 Å². The fourth-order valence-corrected chi connectivity index (χ4v) is 8.09. The summed E-state index contributed by atoms with van der Waals surface area (Å²) in [7, 11) is 0. The van der Waals surface area contributed by atoms with Gasteiger partial charge in [0.1, 0.15) is 11.5 Å². The predicted octanol–water partition coefficient (Wildman–Crippen LogP) is 12.0. The van der Waals surface area contributed by atoms with Crippen molar-refractivity contribution in [2.24, 2.45) is 0 Å². The lowest BCUT2D eigenvalue weighted by molar-refractivity contribution is -0.137. The maximum atomic E-state index is 13.2. The van der Waals surface area contributed by atoms with Gasteiger partial charge in [0.15, 0.2) is 17.5 Å². The van der Waals surface area contributed by atoms with Crippen LogP contribution in [0.2, 0.25) is 0 Å². The number of halogens is 3. The molecule has 0 radical (unpaired) electrons. The number of hydrogen-bond acceptors (Lipinski definition) is 4. The quantitative estimate of drug-likeness (QED) is 0.183. The molecule has 7 heteroatoms.